The van der Waals surface area contributed by atoms with Crippen molar-refractivity contribution in [2.45, 2.75) is 38.3 Å². The minimum atomic E-state index is -1.12. The van der Waals surface area contributed by atoms with Gasteiger partial charge in [-0.15, -0.1) is 0 Å². The van der Waals surface area contributed by atoms with Gasteiger partial charge in [0.15, 0.2) is 0 Å². The van der Waals surface area contributed by atoms with Crippen LogP contribution >= 0.6 is 0 Å². The fourth-order valence-electron chi connectivity index (χ4n) is 4.82. The van der Waals surface area contributed by atoms with Crippen LogP contribution in [0.1, 0.15) is 40.4 Å². The average molecular weight is 419 g/mol. The predicted octanol–water partition coefficient (Wildman–Crippen LogP) is 1.72. The molecule has 2 atom stereocenters. The fourth-order valence-corrected chi connectivity index (χ4v) is 4.82. The number of carbonyl (C=O) groups excluding carboxylic acids is 3. The number of aryl methyl sites for hydroxylation is 1. The number of fused-ring (bicyclic) bond motifs is 1. The van der Waals surface area contributed by atoms with Gasteiger partial charge in [-0.1, -0.05) is 18.2 Å². The van der Waals surface area contributed by atoms with E-state index >= 15 is 0 Å². The van der Waals surface area contributed by atoms with Crippen molar-refractivity contribution in [2.24, 2.45) is 0 Å². The largest absolute Gasteiger partial charge is 0.351 e. The number of imide groups is 1. The molecule has 2 aromatic rings. The van der Waals surface area contributed by atoms with Gasteiger partial charge in [-0.3, -0.25) is 14.9 Å². The summed E-state index contributed by atoms with van der Waals surface area (Å²) in [6.07, 6.45) is 3.83. The van der Waals surface area contributed by atoms with Crippen LogP contribution in [0.3, 0.4) is 0 Å². The molecule has 4 amide bonds. The SMILES string of the molecule is Cc1cnc2c(c1)CCN2C1CCN(C(=O)c2ccc(C3(C)NC(=O)NC3=O)cc2)C1. The van der Waals surface area contributed by atoms with Crippen LogP contribution in [0.2, 0.25) is 0 Å². The van der Waals surface area contributed by atoms with Gasteiger partial charge >= 0.3 is 6.03 Å². The van der Waals surface area contributed by atoms with E-state index in [4.69, 9.17) is 0 Å². The molecule has 1 aromatic heterocycles. The van der Waals surface area contributed by atoms with E-state index in [9.17, 15) is 14.4 Å². The summed E-state index contributed by atoms with van der Waals surface area (Å²) in [5.41, 5.74) is 2.56. The van der Waals surface area contributed by atoms with E-state index in [2.05, 4.69) is 33.5 Å². The maximum absolute atomic E-state index is 13.1. The van der Waals surface area contributed by atoms with Crippen molar-refractivity contribution in [2.75, 3.05) is 24.5 Å². The maximum Gasteiger partial charge on any atom is 0.322 e. The highest BCUT2D eigenvalue weighted by atomic mass is 16.2. The fraction of sp³-hybridized carbons (Fsp3) is 0.391. The molecule has 0 spiro atoms. The lowest BCUT2D eigenvalue weighted by molar-refractivity contribution is -0.123. The summed E-state index contributed by atoms with van der Waals surface area (Å²) in [4.78, 5) is 45.6. The highest BCUT2D eigenvalue weighted by Crippen LogP contribution is 2.31. The molecular weight excluding hydrogens is 394 g/mol. The number of aromatic nitrogens is 1. The molecule has 8 heteroatoms. The van der Waals surface area contributed by atoms with Crippen molar-refractivity contribution in [3.63, 3.8) is 0 Å². The highest BCUT2D eigenvalue weighted by Gasteiger charge is 2.43. The van der Waals surface area contributed by atoms with Gasteiger partial charge in [-0.05, 0) is 55.5 Å². The van der Waals surface area contributed by atoms with Gasteiger partial charge in [0.2, 0.25) is 0 Å². The summed E-state index contributed by atoms with van der Waals surface area (Å²) < 4.78 is 0. The Morgan fingerprint density at radius 3 is 2.68 bits per heavy atom. The number of anilines is 1. The first-order chi connectivity index (χ1) is 14.8. The number of nitrogens with one attached hydrogen (secondary N) is 2. The summed E-state index contributed by atoms with van der Waals surface area (Å²) in [6, 6.07) is 8.88. The number of hydrogen-bond acceptors (Lipinski definition) is 5. The van der Waals surface area contributed by atoms with Crippen molar-refractivity contribution >= 4 is 23.7 Å². The van der Waals surface area contributed by atoms with Crippen molar-refractivity contribution in [1.29, 1.82) is 0 Å². The van der Waals surface area contributed by atoms with E-state index in [0.29, 0.717) is 24.2 Å². The molecule has 5 rings (SSSR count). The molecule has 3 aliphatic rings. The number of benzene rings is 1. The molecule has 160 valence electrons. The van der Waals surface area contributed by atoms with Crippen LogP contribution in [-0.2, 0) is 16.8 Å². The van der Waals surface area contributed by atoms with Gasteiger partial charge in [0, 0.05) is 37.4 Å². The Hall–Kier alpha value is -3.42. The normalized spacial score (nSPS) is 24.9. The molecule has 0 bridgehead atoms. The number of nitrogens with zero attached hydrogens (tertiary/aromatic N) is 3. The molecule has 4 heterocycles. The summed E-state index contributed by atoms with van der Waals surface area (Å²) in [7, 11) is 0. The van der Waals surface area contributed by atoms with Gasteiger partial charge < -0.3 is 15.1 Å². The minimum Gasteiger partial charge on any atom is -0.351 e. The van der Waals surface area contributed by atoms with Crippen molar-refractivity contribution in [3.8, 4) is 0 Å². The molecule has 31 heavy (non-hydrogen) atoms. The molecule has 1 aromatic carbocycles. The monoisotopic (exact) mass is 419 g/mol. The van der Waals surface area contributed by atoms with E-state index in [0.717, 1.165) is 25.2 Å². The molecule has 2 unspecified atom stereocenters. The quantitative estimate of drug-likeness (QED) is 0.739. The van der Waals surface area contributed by atoms with Gasteiger partial charge in [0.05, 0.1) is 0 Å². The highest BCUT2D eigenvalue weighted by molar-refractivity contribution is 6.07. The Labute approximate surface area is 180 Å². The van der Waals surface area contributed by atoms with Gasteiger partial charge in [0.1, 0.15) is 11.4 Å². The van der Waals surface area contributed by atoms with E-state index in [1.807, 2.05) is 11.1 Å². The third kappa shape index (κ3) is 3.22. The maximum atomic E-state index is 13.1. The summed E-state index contributed by atoms with van der Waals surface area (Å²) >= 11 is 0. The van der Waals surface area contributed by atoms with Crippen LogP contribution in [0, 0.1) is 6.92 Å². The van der Waals surface area contributed by atoms with Crippen LogP contribution in [0.5, 0.6) is 0 Å². The van der Waals surface area contributed by atoms with Gasteiger partial charge in [-0.2, -0.15) is 0 Å². The Kier molecular flexibility index (Phi) is 4.46. The molecule has 0 radical (unpaired) electrons. The second-order valence-electron chi connectivity index (χ2n) is 8.74. The topological polar surface area (TPSA) is 94.6 Å². The lowest BCUT2D eigenvalue weighted by Crippen LogP contribution is -2.40. The minimum absolute atomic E-state index is 0.0182. The first kappa shape index (κ1) is 19.5. The lowest BCUT2D eigenvalue weighted by atomic mass is 9.91. The number of hydrogen-bond donors (Lipinski definition) is 2. The summed E-state index contributed by atoms with van der Waals surface area (Å²) in [5, 5.41) is 4.90. The van der Waals surface area contributed by atoms with Crippen molar-refractivity contribution in [1.82, 2.24) is 20.5 Å². The predicted molar refractivity (Wildman–Crippen MR) is 115 cm³/mol. The van der Waals surface area contributed by atoms with Gasteiger partial charge in [-0.25, -0.2) is 9.78 Å². The Balaban J connectivity index is 1.28. The molecule has 2 saturated heterocycles. The van der Waals surface area contributed by atoms with E-state index in [-0.39, 0.29) is 11.9 Å². The molecule has 3 aliphatic heterocycles. The average Bonchev–Trinajstić information content (AvgIpc) is 3.45. The first-order valence-electron chi connectivity index (χ1n) is 10.6. The Morgan fingerprint density at radius 2 is 1.97 bits per heavy atom. The smallest absolute Gasteiger partial charge is 0.322 e. The van der Waals surface area contributed by atoms with Crippen LogP contribution in [0.4, 0.5) is 10.6 Å². The zero-order valence-corrected chi connectivity index (χ0v) is 17.6. The second-order valence-corrected chi connectivity index (χ2v) is 8.74. The van der Waals surface area contributed by atoms with Crippen LogP contribution in [0.25, 0.3) is 0 Å². The first-order valence-corrected chi connectivity index (χ1v) is 10.6. The molecular formula is C23H25N5O3. The van der Waals surface area contributed by atoms with E-state index < -0.39 is 17.5 Å². The lowest BCUT2D eigenvalue weighted by Gasteiger charge is -2.26. The number of likely N-dealkylation sites (tertiary alicyclic amines) is 1. The zero-order chi connectivity index (χ0) is 21.8. The van der Waals surface area contributed by atoms with Gasteiger partial charge in [0.25, 0.3) is 11.8 Å². The third-order valence-electron chi connectivity index (χ3n) is 6.62. The summed E-state index contributed by atoms with van der Waals surface area (Å²) in [5.74, 6) is 0.642. The molecule has 0 saturated carbocycles. The standard InChI is InChI=1S/C23H25N5O3/c1-14-11-16-7-10-28(19(16)24-12-14)18-8-9-27(13-18)20(29)15-3-5-17(6-4-15)23(2)21(30)25-22(31)26-23/h3-6,11-12,18H,7-10,13H2,1-2H3,(H2,25,26,30,31). The van der Waals surface area contributed by atoms with Crippen LogP contribution in [-0.4, -0.2) is 53.4 Å². The van der Waals surface area contributed by atoms with E-state index in [1.54, 1.807) is 31.2 Å². The molecule has 2 N–H and O–H groups in total. The third-order valence-corrected chi connectivity index (χ3v) is 6.62. The number of urea groups is 1. The van der Waals surface area contributed by atoms with Crippen LogP contribution in [0.15, 0.2) is 36.5 Å². The second kappa shape index (κ2) is 7.08. The molecule has 8 nitrogen and oxygen atoms in total. The number of carbonyl (C=O) groups is 3. The van der Waals surface area contributed by atoms with E-state index in [1.165, 1.54) is 11.1 Å². The number of pyridine rings is 1. The van der Waals surface area contributed by atoms with Crippen molar-refractivity contribution < 1.29 is 14.4 Å². The summed E-state index contributed by atoms with van der Waals surface area (Å²) in [6.45, 7) is 6.04. The zero-order valence-electron chi connectivity index (χ0n) is 17.6. The molecule has 2 fully saturated rings. The number of amides is 4. The Bertz CT molecular complexity index is 1080. The Morgan fingerprint density at radius 1 is 1.19 bits per heavy atom. The number of rotatable bonds is 3. The molecule has 0 aliphatic carbocycles. The van der Waals surface area contributed by atoms with Crippen molar-refractivity contribution in [3.05, 3.63) is 58.8 Å². The van der Waals surface area contributed by atoms with Crippen LogP contribution < -0.4 is 15.5 Å².